The lowest BCUT2D eigenvalue weighted by Crippen LogP contribution is -2.52. The number of para-hydroxylation sites is 2. The van der Waals surface area contributed by atoms with Crippen LogP contribution < -0.4 is 14.4 Å². The van der Waals surface area contributed by atoms with E-state index in [9.17, 15) is 18.0 Å². The Balaban J connectivity index is 1.60. The highest BCUT2D eigenvalue weighted by Gasteiger charge is 2.40. The molecule has 2 aromatic carbocycles. The summed E-state index contributed by atoms with van der Waals surface area (Å²) in [5.74, 6) is -0.852. The summed E-state index contributed by atoms with van der Waals surface area (Å²) in [6.07, 6.45) is 0.0516. The summed E-state index contributed by atoms with van der Waals surface area (Å²) >= 11 is 6.09. The molecule has 0 unspecified atom stereocenters. The fourth-order valence-electron chi connectivity index (χ4n) is 4.38. The van der Waals surface area contributed by atoms with Gasteiger partial charge in [-0.1, -0.05) is 23.7 Å². The van der Waals surface area contributed by atoms with E-state index in [1.165, 1.54) is 28.4 Å². The molecule has 0 N–H and O–H groups in total. The third-order valence-corrected chi connectivity index (χ3v) is 8.18. The summed E-state index contributed by atoms with van der Waals surface area (Å²) in [5.41, 5.74) is 0.533. The van der Waals surface area contributed by atoms with E-state index in [0.29, 0.717) is 30.9 Å². The Kier molecular flexibility index (Phi) is 7.53. The summed E-state index contributed by atoms with van der Waals surface area (Å²) in [6.45, 7) is 2.32. The van der Waals surface area contributed by atoms with Crippen LogP contribution in [0.5, 0.6) is 11.5 Å². The average Bonchev–Trinajstić information content (AvgIpc) is 2.88. The largest absolute Gasteiger partial charge is 0.492 e. The number of sulfonamides is 1. The number of halogens is 1. The topological polar surface area (TPSA) is 102 Å². The minimum Gasteiger partial charge on any atom is -0.492 e. The highest BCUT2D eigenvalue weighted by atomic mass is 35.5. The SMILES string of the molecule is CCOc1ccc(Cl)cc1S(=O)(=O)N1CCC[C@@H](C(=O)N2C[C@H](C(=O)OC)Oc3ccccc32)C1. The van der Waals surface area contributed by atoms with Gasteiger partial charge in [0.05, 0.1) is 31.9 Å². The average molecular weight is 523 g/mol. The molecule has 0 radical (unpaired) electrons. The minimum atomic E-state index is -3.97. The van der Waals surface area contributed by atoms with Crippen LogP contribution in [0.15, 0.2) is 47.4 Å². The molecule has 4 rings (SSSR count). The Hall–Kier alpha value is -2.82. The van der Waals surface area contributed by atoms with Crippen LogP contribution in [-0.4, -0.2) is 64.1 Å². The fourth-order valence-corrected chi connectivity index (χ4v) is 6.30. The van der Waals surface area contributed by atoms with Crippen LogP contribution in [0, 0.1) is 5.92 Å². The van der Waals surface area contributed by atoms with Crippen LogP contribution in [-0.2, 0) is 24.3 Å². The monoisotopic (exact) mass is 522 g/mol. The number of methoxy groups -OCH3 is 1. The maximum atomic E-state index is 13.7. The molecule has 2 aliphatic rings. The first-order valence-electron chi connectivity index (χ1n) is 11.3. The Morgan fingerprint density at radius 3 is 2.69 bits per heavy atom. The molecule has 1 fully saturated rings. The molecule has 2 aliphatic heterocycles. The quantitative estimate of drug-likeness (QED) is 0.537. The molecular formula is C24H27ClN2O7S. The molecule has 2 aromatic rings. The van der Waals surface area contributed by atoms with Crippen molar-refractivity contribution in [3.05, 3.63) is 47.5 Å². The summed E-state index contributed by atoms with van der Waals surface area (Å²) in [5, 5.41) is 0.274. The number of ether oxygens (including phenoxy) is 3. The number of hydrogen-bond donors (Lipinski definition) is 0. The fraction of sp³-hybridized carbons (Fsp3) is 0.417. The Morgan fingerprint density at radius 1 is 1.17 bits per heavy atom. The third kappa shape index (κ3) is 5.10. The second-order valence-corrected chi connectivity index (χ2v) is 10.6. The lowest BCUT2D eigenvalue weighted by atomic mass is 9.97. The Bertz CT molecular complexity index is 1220. The number of nitrogens with zero attached hydrogens (tertiary/aromatic N) is 2. The summed E-state index contributed by atoms with van der Waals surface area (Å²) < 4.78 is 44.5. The first-order valence-corrected chi connectivity index (χ1v) is 13.2. The van der Waals surface area contributed by atoms with Crippen LogP contribution >= 0.6 is 11.6 Å². The minimum absolute atomic E-state index is 0.00165. The number of amides is 1. The van der Waals surface area contributed by atoms with Crippen molar-refractivity contribution >= 4 is 39.2 Å². The van der Waals surface area contributed by atoms with Gasteiger partial charge in [0.25, 0.3) is 0 Å². The number of benzene rings is 2. The highest BCUT2D eigenvalue weighted by Crippen LogP contribution is 2.37. The number of piperidine rings is 1. The first-order chi connectivity index (χ1) is 16.8. The van der Waals surface area contributed by atoms with Gasteiger partial charge in [0.2, 0.25) is 22.0 Å². The maximum absolute atomic E-state index is 13.7. The van der Waals surface area contributed by atoms with Gasteiger partial charge in [-0.05, 0) is 50.1 Å². The number of anilines is 1. The molecule has 0 aromatic heterocycles. The van der Waals surface area contributed by atoms with E-state index in [2.05, 4.69) is 0 Å². The van der Waals surface area contributed by atoms with Gasteiger partial charge in [0.15, 0.2) is 0 Å². The molecule has 0 saturated carbocycles. The second-order valence-electron chi connectivity index (χ2n) is 8.27. The van der Waals surface area contributed by atoms with Gasteiger partial charge >= 0.3 is 5.97 Å². The number of hydrogen-bond acceptors (Lipinski definition) is 7. The molecule has 1 amide bonds. The van der Waals surface area contributed by atoms with E-state index in [0.717, 1.165) is 0 Å². The van der Waals surface area contributed by atoms with Gasteiger partial charge in [-0.25, -0.2) is 13.2 Å². The van der Waals surface area contributed by atoms with Gasteiger partial charge in [0.1, 0.15) is 16.4 Å². The molecule has 1 saturated heterocycles. The molecule has 9 nitrogen and oxygen atoms in total. The van der Waals surface area contributed by atoms with Crippen molar-refractivity contribution in [3.8, 4) is 11.5 Å². The van der Waals surface area contributed by atoms with Crippen molar-refractivity contribution in [2.45, 2.75) is 30.8 Å². The predicted molar refractivity (Wildman–Crippen MR) is 129 cm³/mol. The molecule has 35 heavy (non-hydrogen) atoms. The highest BCUT2D eigenvalue weighted by molar-refractivity contribution is 7.89. The van der Waals surface area contributed by atoms with E-state index >= 15 is 0 Å². The van der Waals surface area contributed by atoms with Gasteiger partial charge in [-0.3, -0.25) is 4.79 Å². The van der Waals surface area contributed by atoms with Gasteiger partial charge in [-0.15, -0.1) is 0 Å². The zero-order valence-corrected chi connectivity index (χ0v) is 21.0. The summed E-state index contributed by atoms with van der Waals surface area (Å²) in [6, 6.07) is 11.4. The molecule has 0 aliphatic carbocycles. The number of rotatable bonds is 6. The van der Waals surface area contributed by atoms with Gasteiger partial charge in [0, 0.05) is 18.1 Å². The summed E-state index contributed by atoms with van der Waals surface area (Å²) in [7, 11) is -2.71. The van der Waals surface area contributed by atoms with Gasteiger partial charge < -0.3 is 19.1 Å². The van der Waals surface area contributed by atoms with E-state index in [1.807, 2.05) is 0 Å². The van der Waals surface area contributed by atoms with Crippen LogP contribution in [0.4, 0.5) is 5.69 Å². The van der Waals surface area contributed by atoms with Crippen molar-refractivity contribution in [2.24, 2.45) is 5.92 Å². The predicted octanol–water partition coefficient (Wildman–Crippen LogP) is 3.11. The van der Waals surface area contributed by atoms with Crippen molar-refractivity contribution < 1.29 is 32.2 Å². The molecule has 188 valence electrons. The first kappa shape index (κ1) is 25.3. The number of fused-ring (bicyclic) bond motifs is 1. The van der Waals surface area contributed by atoms with E-state index in [1.54, 1.807) is 37.3 Å². The van der Waals surface area contributed by atoms with Crippen molar-refractivity contribution in [1.29, 1.82) is 0 Å². The van der Waals surface area contributed by atoms with Crippen LogP contribution in [0.2, 0.25) is 5.02 Å². The van der Waals surface area contributed by atoms with Gasteiger partial charge in [-0.2, -0.15) is 4.31 Å². The lowest BCUT2D eigenvalue weighted by molar-refractivity contribution is -0.148. The number of carbonyl (C=O) groups is 2. The Morgan fingerprint density at radius 2 is 1.94 bits per heavy atom. The smallest absolute Gasteiger partial charge is 0.348 e. The van der Waals surface area contributed by atoms with E-state index in [4.69, 9.17) is 25.8 Å². The van der Waals surface area contributed by atoms with Crippen LogP contribution in [0.1, 0.15) is 19.8 Å². The lowest BCUT2D eigenvalue weighted by Gasteiger charge is -2.38. The molecule has 0 bridgehead atoms. The zero-order valence-electron chi connectivity index (χ0n) is 19.5. The van der Waals surface area contributed by atoms with Crippen molar-refractivity contribution in [1.82, 2.24) is 4.31 Å². The maximum Gasteiger partial charge on any atom is 0.348 e. The molecular weight excluding hydrogens is 496 g/mol. The van der Waals surface area contributed by atoms with Crippen molar-refractivity contribution in [2.75, 3.05) is 38.3 Å². The number of carbonyl (C=O) groups excluding carboxylic acids is 2. The second kappa shape index (κ2) is 10.4. The van der Waals surface area contributed by atoms with Crippen LogP contribution in [0.25, 0.3) is 0 Å². The van der Waals surface area contributed by atoms with E-state index < -0.39 is 28.0 Å². The van der Waals surface area contributed by atoms with E-state index in [-0.39, 0.29) is 41.2 Å². The molecule has 11 heteroatoms. The molecule has 2 heterocycles. The molecule has 0 spiro atoms. The zero-order chi connectivity index (χ0) is 25.2. The third-order valence-electron chi connectivity index (χ3n) is 6.06. The standard InChI is InChI=1S/C24H27ClN2O7S/c1-3-33-20-11-10-17(25)13-22(20)35(30,31)26-12-6-7-16(14-26)23(28)27-15-21(24(29)32-2)34-19-9-5-4-8-18(19)27/h4-5,8-11,13,16,21H,3,6-7,12,14-15H2,1-2H3/t16-,21-/m1/s1. The Labute approximate surface area is 209 Å². The van der Waals surface area contributed by atoms with Crippen molar-refractivity contribution in [3.63, 3.8) is 0 Å². The summed E-state index contributed by atoms with van der Waals surface area (Å²) in [4.78, 5) is 27.3. The number of esters is 1. The molecule has 2 atom stereocenters. The normalized spacial score (nSPS) is 20.5. The van der Waals surface area contributed by atoms with Crippen LogP contribution in [0.3, 0.4) is 0 Å².